The van der Waals surface area contributed by atoms with E-state index in [2.05, 4.69) is 5.32 Å². The quantitative estimate of drug-likeness (QED) is 0.807. The van der Waals surface area contributed by atoms with E-state index < -0.39 is 0 Å². The molecule has 2 fully saturated rings. The molecule has 1 N–H and O–H groups in total. The molecular weight excluding hydrogens is 296 g/mol. The standard InChI is InChI=1S/C16H28N4O3/c1-3-7-18-9-5-10-20(12-15(18)22)16(23)17-13(2)11-19-8-4-6-14(19)21/h13H,3-12H2,1-2H3,(H,17,23). The number of hydrogen-bond acceptors (Lipinski definition) is 3. The first kappa shape index (κ1) is 17.6. The van der Waals surface area contributed by atoms with Gasteiger partial charge in [-0.3, -0.25) is 9.59 Å². The molecule has 2 aliphatic heterocycles. The maximum Gasteiger partial charge on any atom is 0.318 e. The molecule has 0 radical (unpaired) electrons. The average Bonchev–Trinajstić information content (AvgIpc) is 2.79. The summed E-state index contributed by atoms with van der Waals surface area (Å²) < 4.78 is 0. The van der Waals surface area contributed by atoms with E-state index in [-0.39, 0.29) is 30.4 Å². The Morgan fingerprint density at radius 3 is 2.52 bits per heavy atom. The highest BCUT2D eigenvalue weighted by atomic mass is 16.2. The van der Waals surface area contributed by atoms with Crippen LogP contribution in [0.1, 0.15) is 39.5 Å². The Balaban J connectivity index is 1.82. The van der Waals surface area contributed by atoms with Crippen molar-refractivity contribution in [1.82, 2.24) is 20.0 Å². The van der Waals surface area contributed by atoms with Crippen molar-refractivity contribution < 1.29 is 14.4 Å². The molecule has 2 heterocycles. The topological polar surface area (TPSA) is 73.0 Å². The van der Waals surface area contributed by atoms with Crippen LogP contribution in [0.4, 0.5) is 4.79 Å². The molecule has 0 bridgehead atoms. The number of carbonyl (C=O) groups is 3. The number of hydrogen-bond donors (Lipinski definition) is 1. The van der Waals surface area contributed by atoms with Crippen molar-refractivity contribution in [3.05, 3.63) is 0 Å². The number of nitrogens with one attached hydrogen (secondary N) is 1. The summed E-state index contributed by atoms with van der Waals surface area (Å²) in [6.45, 7) is 7.45. The van der Waals surface area contributed by atoms with Gasteiger partial charge in [0.25, 0.3) is 0 Å². The van der Waals surface area contributed by atoms with Gasteiger partial charge < -0.3 is 20.0 Å². The van der Waals surface area contributed by atoms with Crippen LogP contribution in [0.25, 0.3) is 0 Å². The second-order valence-corrected chi connectivity index (χ2v) is 6.45. The van der Waals surface area contributed by atoms with Gasteiger partial charge in [-0.2, -0.15) is 0 Å². The number of amides is 4. The number of nitrogens with zero attached hydrogens (tertiary/aromatic N) is 3. The predicted octanol–water partition coefficient (Wildman–Crippen LogP) is 0.651. The first-order valence-corrected chi connectivity index (χ1v) is 8.62. The van der Waals surface area contributed by atoms with Crippen LogP contribution in [0.2, 0.25) is 0 Å². The molecule has 0 aliphatic carbocycles. The van der Waals surface area contributed by atoms with Crippen molar-refractivity contribution in [2.75, 3.05) is 39.3 Å². The van der Waals surface area contributed by atoms with Crippen LogP contribution in [0.5, 0.6) is 0 Å². The Bertz CT molecular complexity index is 455. The zero-order valence-electron chi connectivity index (χ0n) is 14.2. The number of carbonyl (C=O) groups excluding carboxylic acids is 3. The minimum Gasteiger partial charge on any atom is -0.341 e. The largest absolute Gasteiger partial charge is 0.341 e. The summed E-state index contributed by atoms with van der Waals surface area (Å²) in [5, 5.41) is 2.91. The Morgan fingerprint density at radius 2 is 1.87 bits per heavy atom. The van der Waals surface area contributed by atoms with E-state index in [1.165, 1.54) is 0 Å². The second-order valence-electron chi connectivity index (χ2n) is 6.45. The first-order valence-electron chi connectivity index (χ1n) is 8.62. The number of rotatable bonds is 5. The van der Waals surface area contributed by atoms with Crippen LogP contribution in [0.3, 0.4) is 0 Å². The van der Waals surface area contributed by atoms with Gasteiger partial charge >= 0.3 is 6.03 Å². The van der Waals surface area contributed by atoms with Crippen LogP contribution in [0.15, 0.2) is 0 Å². The van der Waals surface area contributed by atoms with Crippen molar-refractivity contribution in [2.45, 2.75) is 45.6 Å². The highest BCUT2D eigenvalue weighted by Crippen LogP contribution is 2.10. The third kappa shape index (κ3) is 4.84. The van der Waals surface area contributed by atoms with Gasteiger partial charge in [-0.15, -0.1) is 0 Å². The van der Waals surface area contributed by atoms with E-state index in [4.69, 9.17) is 0 Å². The molecule has 0 aromatic rings. The Labute approximate surface area is 138 Å². The summed E-state index contributed by atoms with van der Waals surface area (Å²) in [6.07, 6.45) is 3.24. The third-order valence-corrected chi connectivity index (χ3v) is 4.35. The first-order chi connectivity index (χ1) is 11.0. The van der Waals surface area contributed by atoms with Crippen LogP contribution in [-0.4, -0.2) is 77.9 Å². The highest BCUT2D eigenvalue weighted by molar-refractivity contribution is 5.84. The van der Waals surface area contributed by atoms with Crippen molar-refractivity contribution in [3.8, 4) is 0 Å². The van der Waals surface area contributed by atoms with Gasteiger partial charge in [0.2, 0.25) is 11.8 Å². The van der Waals surface area contributed by atoms with Crippen molar-refractivity contribution in [2.24, 2.45) is 0 Å². The van der Waals surface area contributed by atoms with E-state index in [9.17, 15) is 14.4 Å². The predicted molar refractivity (Wildman–Crippen MR) is 86.9 cm³/mol. The van der Waals surface area contributed by atoms with E-state index >= 15 is 0 Å². The zero-order valence-corrected chi connectivity index (χ0v) is 14.2. The minimum atomic E-state index is -0.212. The SMILES string of the molecule is CCCN1CCCN(C(=O)NC(C)CN2CCCC2=O)CC1=O. The molecule has 0 saturated carbocycles. The van der Waals surface area contributed by atoms with Crippen molar-refractivity contribution >= 4 is 17.8 Å². The van der Waals surface area contributed by atoms with Crippen LogP contribution in [0, 0.1) is 0 Å². The van der Waals surface area contributed by atoms with E-state index in [0.717, 1.165) is 32.4 Å². The molecule has 7 nitrogen and oxygen atoms in total. The molecule has 2 aliphatic rings. The summed E-state index contributed by atoms with van der Waals surface area (Å²) in [5.41, 5.74) is 0. The maximum absolute atomic E-state index is 12.4. The summed E-state index contributed by atoms with van der Waals surface area (Å²) in [6, 6.07) is -0.328. The fraction of sp³-hybridized carbons (Fsp3) is 0.812. The lowest BCUT2D eigenvalue weighted by Crippen LogP contribution is -2.49. The molecule has 7 heteroatoms. The molecule has 2 saturated heterocycles. The Kier molecular flexibility index (Phi) is 6.24. The van der Waals surface area contributed by atoms with Gasteiger partial charge in [0.15, 0.2) is 0 Å². The minimum absolute atomic E-state index is 0.0156. The Morgan fingerprint density at radius 1 is 1.13 bits per heavy atom. The summed E-state index contributed by atoms with van der Waals surface area (Å²) in [4.78, 5) is 41.4. The lowest BCUT2D eigenvalue weighted by molar-refractivity contribution is -0.130. The molecule has 0 aromatic heterocycles. The van der Waals surface area contributed by atoms with Crippen LogP contribution < -0.4 is 5.32 Å². The van der Waals surface area contributed by atoms with E-state index in [0.29, 0.717) is 26.1 Å². The molecule has 23 heavy (non-hydrogen) atoms. The average molecular weight is 324 g/mol. The second kappa shape index (κ2) is 8.17. The molecule has 4 amide bonds. The molecule has 1 atom stereocenters. The van der Waals surface area contributed by atoms with Gasteiger partial charge in [-0.25, -0.2) is 4.79 Å². The lowest BCUT2D eigenvalue weighted by Gasteiger charge is -2.26. The number of urea groups is 1. The van der Waals surface area contributed by atoms with E-state index in [1.54, 1.807) is 9.80 Å². The van der Waals surface area contributed by atoms with Gasteiger partial charge in [-0.1, -0.05) is 6.92 Å². The third-order valence-electron chi connectivity index (χ3n) is 4.35. The van der Waals surface area contributed by atoms with Gasteiger partial charge in [-0.05, 0) is 26.2 Å². The monoisotopic (exact) mass is 324 g/mol. The Hall–Kier alpha value is -1.79. The number of likely N-dealkylation sites (tertiary alicyclic amines) is 1. The van der Waals surface area contributed by atoms with Gasteiger partial charge in [0.05, 0.1) is 0 Å². The van der Waals surface area contributed by atoms with Gasteiger partial charge in [0.1, 0.15) is 6.54 Å². The summed E-state index contributed by atoms with van der Waals surface area (Å²) in [5.74, 6) is 0.174. The molecule has 1 unspecified atom stereocenters. The lowest BCUT2D eigenvalue weighted by atomic mass is 10.3. The van der Waals surface area contributed by atoms with Gasteiger partial charge in [0, 0.05) is 45.2 Å². The molecule has 0 spiro atoms. The smallest absolute Gasteiger partial charge is 0.318 e. The maximum atomic E-state index is 12.4. The molecular formula is C16H28N4O3. The molecule has 0 aromatic carbocycles. The fourth-order valence-corrected chi connectivity index (χ4v) is 3.17. The zero-order chi connectivity index (χ0) is 16.8. The van der Waals surface area contributed by atoms with Crippen LogP contribution >= 0.6 is 0 Å². The summed E-state index contributed by atoms with van der Waals surface area (Å²) in [7, 11) is 0. The molecule has 2 rings (SSSR count). The van der Waals surface area contributed by atoms with E-state index in [1.807, 2.05) is 18.7 Å². The molecule has 130 valence electrons. The van der Waals surface area contributed by atoms with Crippen molar-refractivity contribution in [1.29, 1.82) is 0 Å². The summed E-state index contributed by atoms with van der Waals surface area (Å²) >= 11 is 0. The van der Waals surface area contributed by atoms with Crippen LogP contribution in [-0.2, 0) is 9.59 Å². The fourth-order valence-electron chi connectivity index (χ4n) is 3.17. The highest BCUT2D eigenvalue weighted by Gasteiger charge is 2.26. The normalized spacial score (nSPS) is 20.7. The van der Waals surface area contributed by atoms with Crippen molar-refractivity contribution in [3.63, 3.8) is 0 Å².